The highest BCUT2D eigenvalue weighted by Crippen LogP contribution is 2.32. The smallest absolute Gasteiger partial charge is 0.0331 e. The number of nitrogens with two attached hydrogens (primary N) is 1. The van der Waals surface area contributed by atoms with Crippen LogP contribution in [0, 0.1) is 5.92 Å². The van der Waals surface area contributed by atoms with Gasteiger partial charge in [0.05, 0.1) is 0 Å². The van der Waals surface area contributed by atoms with Crippen LogP contribution in [-0.4, -0.2) is 24.0 Å². The van der Waals surface area contributed by atoms with Crippen LogP contribution in [0.4, 0.5) is 0 Å². The van der Waals surface area contributed by atoms with Crippen LogP contribution in [0.1, 0.15) is 43.7 Å². The Hall–Kier alpha value is -0.380. The molecule has 3 unspecified atom stereocenters. The van der Waals surface area contributed by atoms with Crippen molar-refractivity contribution in [2.45, 2.75) is 45.7 Å². The van der Waals surface area contributed by atoms with Crippen molar-refractivity contribution in [1.29, 1.82) is 0 Å². The molecule has 0 spiro atoms. The average molecular weight is 252 g/mol. The molecule has 17 heavy (non-hydrogen) atoms. The molecule has 0 bridgehead atoms. The maximum Gasteiger partial charge on any atom is 0.0331 e. The third-order valence-electron chi connectivity index (χ3n) is 4.22. The highest BCUT2D eigenvalue weighted by atomic mass is 32.1. The summed E-state index contributed by atoms with van der Waals surface area (Å²) in [6, 6.07) is 3.13. The molecule has 1 aromatic rings. The Balaban J connectivity index is 2.00. The van der Waals surface area contributed by atoms with Crippen molar-refractivity contribution in [2.75, 3.05) is 13.1 Å². The van der Waals surface area contributed by atoms with Gasteiger partial charge >= 0.3 is 0 Å². The summed E-state index contributed by atoms with van der Waals surface area (Å²) in [6.07, 6.45) is 2.37. The zero-order chi connectivity index (χ0) is 12.4. The monoisotopic (exact) mass is 252 g/mol. The van der Waals surface area contributed by atoms with Gasteiger partial charge in [0.25, 0.3) is 0 Å². The summed E-state index contributed by atoms with van der Waals surface area (Å²) in [5.41, 5.74) is 7.80. The van der Waals surface area contributed by atoms with E-state index in [1.54, 1.807) is 4.88 Å². The molecule has 3 atom stereocenters. The fourth-order valence-corrected chi connectivity index (χ4v) is 3.53. The summed E-state index contributed by atoms with van der Waals surface area (Å²) in [4.78, 5) is 4.12. The van der Waals surface area contributed by atoms with E-state index in [-0.39, 0.29) is 0 Å². The van der Waals surface area contributed by atoms with E-state index in [1.807, 2.05) is 11.3 Å². The van der Waals surface area contributed by atoms with Crippen LogP contribution >= 0.6 is 11.3 Å². The Labute approximate surface area is 109 Å². The molecule has 2 nitrogen and oxygen atoms in total. The third kappa shape index (κ3) is 2.72. The third-order valence-corrected chi connectivity index (χ3v) is 5.22. The number of fused-ring (bicyclic) bond motifs is 1. The highest BCUT2D eigenvalue weighted by Gasteiger charge is 2.26. The molecule has 1 aliphatic rings. The molecule has 1 aliphatic heterocycles. The molecular weight excluding hydrogens is 228 g/mol. The van der Waals surface area contributed by atoms with Crippen molar-refractivity contribution in [1.82, 2.24) is 4.90 Å². The maximum atomic E-state index is 6.28. The standard InChI is InChI=1S/C14H24N2S/c1-4-10(2)13(15)9-16-7-5-14-12(11(16)3)6-8-17-14/h6,8,10-11,13H,4-5,7,9,15H2,1-3H3. The highest BCUT2D eigenvalue weighted by molar-refractivity contribution is 7.10. The molecule has 0 saturated carbocycles. The normalized spacial score (nSPS) is 24.4. The number of hydrogen-bond donors (Lipinski definition) is 1. The largest absolute Gasteiger partial charge is 0.326 e. The van der Waals surface area contributed by atoms with E-state index in [0.29, 0.717) is 18.0 Å². The van der Waals surface area contributed by atoms with Crippen LogP contribution in [0.25, 0.3) is 0 Å². The lowest BCUT2D eigenvalue weighted by molar-refractivity contribution is 0.172. The lowest BCUT2D eigenvalue weighted by Crippen LogP contribution is -2.44. The van der Waals surface area contributed by atoms with Crippen molar-refractivity contribution in [3.8, 4) is 0 Å². The van der Waals surface area contributed by atoms with Crippen LogP contribution in [-0.2, 0) is 6.42 Å². The zero-order valence-electron chi connectivity index (χ0n) is 11.1. The van der Waals surface area contributed by atoms with E-state index < -0.39 is 0 Å². The Morgan fingerprint density at radius 1 is 1.59 bits per heavy atom. The van der Waals surface area contributed by atoms with Gasteiger partial charge in [0, 0.05) is 30.1 Å². The molecule has 2 N–H and O–H groups in total. The molecule has 0 radical (unpaired) electrons. The van der Waals surface area contributed by atoms with Gasteiger partial charge < -0.3 is 5.73 Å². The average Bonchev–Trinajstić information content (AvgIpc) is 2.80. The van der Waals surface area contributed by atoms with Crippen LogP contribution in [0.2, 0.25) is 0 Å². The predicted molar refractivity (Wildman–Crippen MR) is 75.4 cm³/mol. The summed E-state index contributed by atoms with van der Waals surface area (Å²) in [7, 11) is 0. The number of thiophene rings is 1. The molecule has 0 amide bonds. The topological polar surface area (TPSA) is 29.3 Å². The first-order valence-electron chi connectivity index (χ1n) is 6.69. The quantitative estimate of drug-likeness (QED) is 0.892. The molecule has 96 valence electrons. The molecule has 0 aromatic carbocycles. The van der Waals surface area contributed by atoms with Crippen molar-refractivity contribution < 1.29 is 0 Å². The summed E-state index contributed by atoms with van der Waals surface area (Å²) < 4.78 is 0. The van der Waals surface area contributed by atoms with E-state index in [2.05, 4.69) is 37.1 Å². The van der Waals surface area contributed by atoms with Gasteiger partial charge in [-0.3, -0.25) is 4.90 Å². The summed E-state index contributed by atoms with van der Waals surface area (Å²) >= 11 is 1.90. The van der Waals surface area contributed by atoms with Crippen LogP contribution < -0.4 is 5.73 Å². The number of hydrogen-bond acceptors (Lipinski definition) is 3. The van der Waals surface area contributed by atoms with E-state index in [0.717, 1.165) is 6.54 Å². The second-order valence-corrected chi connectivity index (χ2v) is 6.27. The van der Waals surface area contributed by atoms with Gasteiger partial charge in [-0.2, -0.15) is 0 Å². The van der Waals surface area contributed by atoms with Crippen molar-refractivity contribution >= 4 is 11.3 Å². The van der Waals surface area contributed by atoms with Crippen molar-refractivity contribution in [2.24, 2.45) is 11.7 Å². The minimum atomic E-state index is 0.308. The first-order valence-corrected chi connectivity index (χ1v) is 7.57. The molecule has 0 fully saturated rings. The first kappa shape index (κ1) is 13.1. The van der Waals surface area contributed by atoms with E-state index in [9.17, 15) is 0 Å². The fourth-order valence-electron chi connectivity index (χ4n) is 2.56. The molecule has 3 heteroatoms. The predicted octanol–water partition coefficient (Wildman–Crippen LogP) is 3.04. The molecule has 2 heterocycles. The van der Waals surface area contributed by atoms with E-state index in [1.165, 1.54) is 24.9 Å². The maximum absolute atomic E-state index is 6.28. The molecule has 1 aromatic heterocycles. The van der Waals surface area contributed by atoms with Crippen molar-refractivity contribution in [3.05, 3.63) is 21.9 Å². The SMILES string of the molecule is CCC(C)C(N)CN1CCc2sccc2C1C. The lowest BCUT2D eigenvalue weighted by atomic mass is 9.96. The summed E-state index contributed by atoms with van der Waals surface area (Å²) in [5, 5.41) is 2.22. The fraction of sp³-hybridized carbons (Fsp3) is 0.714. The van der Waals surface area contributed by atoms with Gasteiger partial charge in [-0.25, -0.2) is 0 Å². The summed E-state index contributed by atoms with van der Waals surface area (Å²) in [5.74, 6) is 0.617. The Bertz CT molecular complexity index is 361. The van der Waals surface area contributed by atoms with E-state index >= 15 is 0 Å². The van der Waals surface area contributed by atoms with Gasteiger partial charge in [0.2, 0.25) is 0 Å². The second kappa shape index (κ2) is 5.51. The summed E-state index contributed by atoms with van der Waals surface area (Å²) in [6.45, 7) is 8.99. The van der Waals surface area contributed by atoms with Crippen LogP contribution in [0.3, 0.4) is 0 Å². The molecule has 0 saturated heterocycles. The number of rotatable bonds is 4. The van der Waals surface area contributed by atoms with Crippen LogP contribution in [0.15, 0.2) is 11.4 Å². The molecular formula is C14H24N2S. The first-order chi connectivity index (χ1) is 8.13. The van der Waals surface area contributed by atoms with E-state index in [4.69, 9.17) is 5.73 Å². The molecule has 2 rings (SSSR count). The Morgan fingerprint density at radius 2 is 2.35 bits per heavy atom. The van der Waals surface area contributed by atoms with Crippen LogP contribution in [0.5, 0.6) is 0 Å². The zero-order valence-corrected chi connectivity index (χ0v) is 12.0. The molecule has 0 aliphatic carbocycles. The van der Waals surface area contributed by atoms with Gasteiger partial charge in [0.15, 0.2) is 0 Å². The lowest BCUT2D eigenvalue weighted by Gasteiger charge is -2.36. The Kier molecular flexibility index (Phi) is 4.23. The van der Waals surface area contributed by atoms with Gasteiger partial charge in [-0.05, 0) is 36.3 Å². The number of nitrogens with zero attached hydrogens (tertiary/aromatic N) is 1. The minimum Gasteiger partial charge on any atom is -0.326 e. The van der Waals surface area contributed by atoms with Gasteiger partial charge in [-0.15, -0.1) is 11.3 Å². The Morgan fingerprint density at radius 3 is 3.06 bits per heavy atom. The minimum absolute atomic E-state index is 0.308. The second-order valence-electron chi connectivity index (χ2n) is 5.27. The van der Waals surface area contributed by atoms with Gasteiger partial charge in [-0.1, -0.05) is 20.3 Å². The van der Waals surface area contributed by atoms with Gasteiger partial charge in [0.1, 0.15) is 0 Å². The van der Waals surface area contributed by atoms with Crippen molar-refractivity contribution in [3.63, 3.8) is 0 Å².